The first-order chi connectivity index (χ1) is 71.0. The molecule has 0 aliphatic heterocycles. The molecule has 0 aliphatic rings. The van der Waals surface area contributed by atoms with Gasteiger partial charge in [-0.05, 0) is 155 Å². The molecule has 0 saturated heterocycles. The third-order valence-corrected chi connectivity index (χ3v) is 29.9. The van der Waals surface area contributed by atoms with Gasteiger partial charge >= 0.3 is 0 Å². The first-order valence-corrected chi connectivity index (χ1v) is 48.9. The van der Waals surface area contributed by atoms with Crippen LogP contribution < -0.4 is 0 Å². The summed E-state index contributed by atoms with van der Waals surface area (Å²) in [5.41, 5.74) is 33.6. The summed E-state index contributed by atoms with van der Waals surface area (Å²) in [5.74, 6) is 0. The lowest BCUT2D eigenvalue weighted by Crippen LogP contribution is -1.99. The zero-order valence-corrected chi connectivity index (χ0v) is 77.3. The van der Waals surface area contributed by atoms with Gasteiger partial charge in [-0.25, -0.2) is 0 Å². The molecule has 143 heavy (non-hydrogen) atoms. The summed E-state index contributed by atoms with van der Waals surface area (Å²) in [7, 11) is 0. The molecule has 9 aromatic heterocycles. The molecule has 0 radical (unpaired) electrons. The van der Waals surface area contributed by atoms with Crippen LogP contribution in [0.2, 0.25) is 0 Å². The van der Waals surface area contributed by atoms with Crippen LogP contribution in [-0.2, 0) is 0 Å². The van der Waals surface area contributed by atoms with Crippen LogP contribution in [0.4, 0.5) is 0 Å². The normalized spacial score (nSPS) is 12.1. The maximum absolute atomic E-state index is 6.53. The Morgan fingerprint density at radius 3 is 0.895 bits per heavy atom. The van der Waals surface area contributed by atoms with E-state index in [1.165, 1.54) is 158 Å². The standard InChI is InChI=1S/2C46H28N2O.C42H26N2O/c1-2-13-29(14-3-1)47-40-22-9-6-17-33(40)36-25-26-37-34-18-7-10-23-41(34)48(45(37)44(36)47)42-28-27-31(30-15-4-5-16-32(30)42)38-20-12-21-39-35-19-8-11-24-43(35)49-46(38)39;1-2-12-31(13-3-1)48-43-33-14-5-4-11-29(33)23-26-38(43)39-28-27-37-35-15-6-8-19-41(35)47(44(37)45(39)48)32-24-21-30(22-25-32)34-17-10-18-40-36-16-7-9-20-42(36)49-46(34)40;1-2-11-28(12-3-1)43-35-18-7-4-14-33(35)40-37(43)25-26-38-41(40)34-15-5-8-19-36(34)44(38)29-23-21-27(22-24-29)30-16-10-17-32-31-13-6-9-20-39(31)45-42(30)32/h2*1-28H;1-26H. The summed E-state index contributed by atoms with van der Waals surface area (Å²) in [6.07, 6.45) is 0. The van der Waals surface area contributed by atoms with Gasteiger partial charge in [-0.3, -0.25) is 0 Å². The van der Waals surface area contributed by atoms with E-state index in [9.17, 15) is 0 Å². The lowest BCUT2D eigenvalue weighted by Gasteiger charge is -2.16. The molecule has 9 nitrogen and oxygen atoms in total. The zero-order valence-electron chi connectivity index (χ0n) is 77.3. The van der Waals surface area contributed by atoms with Gasteiger partial charge in [0.1, 0.15) is 33.5 Å². The molecule has 0 fully saturated rings. The molecule has 32 aromatic rings. The van der Waals surface area contributed by atoms with Crippen molar-refractivity contribution in [2.24, 2.45) is 0 Å². The molecule has 0 N–H and O–H groups in total. The molecule has 0 unspecified atom stereocenters. The van der Waals surface area contributed by atoms with Crippen molar-refractivity contribution in [1.82, 2.24) is 27.4 Å². The molecule has 0 amide bonds. The average molecular weight is 1820 g/mol. The Morgan fingerprint density at radius 2 is 0.434 bits per heavy atom. The number of hydrogen-bond acceptors (Lipinski definition) is 3. The van der Waals surface area contributed by atoms with Crippen molar-refractivity contribution < 1.29 is 13.3 Å². The Balaban J connectivity index is 0.000000100. The van der Waals surface area contributed by atoms with Crippen molar-refractivity contribution in [2.45, 2.75) is 0 Å². The monoisotopic (exact) mass is 1820 g/mol. The Morgan fingerprint density at radius 1 is 0.133 bits per heavy atom. The predicted molar refractivity (Wildman–Crippen MR) is 599 cm³/mol. The maximum atomic E-state index is 6.53. The number of aromatic nitrogens is 6. The molecule has 666 valence electrons. The highest BCUT2D eigenvalue weighted by Gasteiger charge is 2.29. The van der Waals surface area contributed by atoms with E-state index in [-0.39, 0.29) is 0 Å². The Hall–Kier alpha value is -19.2. The van der Waals surface area contributed by atoms with Gasteiger partial charge in [0.05, 0.1) is 71.9 Å². The molecule has 0 atom stereocenters. The molecular formula is C134H82N6O3. The van der Waals surface area contributed by atoms with Crippen molar-refractivity contribution in [1.29, 1.82) is 0 Å². The second kappa shape index (κ2) is 31.7. The second-order valence-corrected chi connectivity index (χ2v) is 37.5. The minimum absolute atomic E-state index is 0.911. The lowest BCUT2D eigenvalue weighted by atomic mass is 9.95. The zero-order chi connectivity index (χ0) is 93.6. The summed E-state index contributed by atoms with van der Waals surface area (Å²) >= 11 is 0. The van der Waals surface area contributed by atoms with E-state index < -0.39 is 0 Å². The van der Waals surface area contributed by atoms with Crippen molar-refractivity contribution >= 4 is 218 Å². The first-order valence-electron chi connectivity index (χ1n) is 48.9. The predicted octanol–water partition coefficient (Wildman–Crippen LogP) is 36.6. The van der Waals surface area contributed by atoms with E-state index in [2.05, 4.69) is 495 Å². The van der Waals surface area contributed by atoms with Crippen molar-refractivity contribution in [3.63, 3.8) is 0 Å². The Bertz CT molecular complexity index is 10900. The molecule has 32 rings (SSSR count). The van der Waals surface area contributed by atoms with E-state index in [4.69, 9.17) is 13.3 Å². The van der Waals surface area contributed by atoms with Gasteiger partial charge in [0.2, 0.25) is 0 Å². The minimum Gasteiger partial charge on any atom is -0.455 e. The summed E-state index contributed by atoms with van der Waals surface area (Å²) in [4.78, 5) is 0. The number of furan rings is 3. The number of rotatable bonds is 9. The van der Waals surface area contributed by atoms with Crippen LogP contribution in [0.25, 0.3) is 286 Å². The number of hydrogen-bond donors (Lipinski definition) is 0. The molecular weight excluding hydrogens is 1740 g/mol. The minimum atomic E-state index is 0.911. The molecule has 0 spiro atoms. The van der Waals surface area contributed by atoms with Gasteiger partial charge in [0, 0.05) is 153 Å². The fraction of sp³-hybridized carbons (Fsp3) is 0. The van der Waals surface area contributed by atoms with E-state index in [1.54, 1.807) is 0 Å². The molecule has 0 bridgehead atoms. The highest BCUT2D eigenvalue weighted by atomic mass is 16.3. The van der Waals surface area contributed by atoms with Crippen LogP contribution in [-0.4, -0.2) is 27.4 Å². The SMILES string of the molecule is c1ccc(-n2c3c4ccccc4ccc3c3ccc4c5ccccc5n(-c5ccc(-c6cccc7c6oc6ccccc67)cc5)c4c32)cc1.c1ccc(-n2c3ccccc3c3c4c5ccccc5n(-c5ccc(-c6cccc7c6oc6ccccc67)cc5)c4ccc32)cc1.c1ccc(-n2c3ccccc3c3ccc4c5ccccc5n(-c5ccc(-c6cccc7c6oc6ccccc67)c6ccccc56)c4c32)cc1. The van der Waals surface area contributed by atoms with E-state index >= 15 is 0 Å². The van der Waals surface area contributed by atoms with Crippen molar-refractivity contribution in [2.75, 3.05) is 0 Å². The highest BCUT2D eigenvalue weighted by molar-refractivity contribution is 6.31. The fourth-order valence-corrected chi connectivity index (χ4v) is 23.9. The molecule has 0 saturated carbocycles. The number of fused-ring (bicyclic) bond motifs is 33. The van der Waals surface area contributed by atoms with Crippen LogP contribution in [0.1, 0.15) is 0 Å². The smallest absolute Gasteiger partial charge is 0.143 e. The van der Waals surface area contributed by atoms with Gasteiger partial charge in [0.25, 0.3) is 0 Å². The summed E-state index contributed by atoms with van der Waals surface area (Å²) in [6.45, 7) is 0. The van der Waals surface area contributed by atoms with Crippen LogP contribution in [0.15, 0.2) is 511 Å². The maximum Gasteiger partial charge on any atom is 0.143 e. The van der Waals surface area contributed by atoms with Gasteiger partial charge in [-0.15, -0.1) is 0 Å². The number of benzene rings is 23. The molecule has 9 heteroatoms. The second-order valence-electron chi connectivity index (χ2n) is 37.5. The molecule has 9 heterocycles. The highest BCUT2D eigenvalue weighted by Crippen LogP contribution is 2.51. The van der Waals surface area contributed by atoms with Crippen LogP contribution >= 0.6 is 0 Å². The average Bonchev–Trinajstić information content (AvgIpc) is 1.54. The van der Waals surface area contributed by atoms with E-state index in [0.29, 0.717) is 0 Å². The van der Waals surface area contributed by atoms with E-state index in [0.717, 1.165) is 128 Å². The van der Waals surface area contributed by atoms with Crippen molar-refractivity contribution in [3.8, 4) is 67.5 Å². The quantitative estimate of drug-likeness (QED) is 0.145. The Kier molecular flexibility index (Phi) is 17.7. The van der Waals surface area contributed by atoms with Crippen LogP contribution in [0.5, 0.6) is 0 Å². The summed E-state index contributed by atoms with van der Waals surface area (Å²) < 4.78 is 34.0. The van der Waals surface area contributed by atoms with Gasteiger partial charge in [-0.1, -0.05) is 370 Å². The van der Waals surface area contributed by atoms with Gasteiger partial charge in [-0.2, -0.15) is 0 Å². The van der Waals surface area contributed by atoms with Gasteiger partial charge in [0.15, 0.2) is 0 Å². The van der Waals surface area contributed by atoms with E-state index in [1.807, 2.05) is 30.3 Å². The number of nitrogens with zero attached hydrogens (tertiary/aromatic N) is 6. The summed E-state index contributed by atoms with van der Waals surface area (Å²) in [5, 5.41) is 26.8. The fourth-order valence-electron chi connectivity index (χ4n) is 23.9. The summed E-state index contributed by atoms with van der Waals surface area (Å²) in [6, 6.07) is 179. The topological polar surface area (TPSA) is 69.0 Å². The van der Waals surface area contributed by atoms with Crippen LogP contribution in [0.3, 0.4) is 0 Å². The number of para-hydroxylation sites is 14. The van der Waals surface area contributed by atoms with Crippen LogP contribution in [0, 0.1) is 0 Å². The first kappa shape index (κ1) is 79.9. The van der Waals surface area contributed by atoms with Gasteiger partial charge < -0.3 is 40.7 Å². The Labute approximate surface area is 818 Å². The largest absolute Gasteiger partial charge is 0.455 e. The third-order valence-electron chi connectivity index (χ3n) is 29.9. The van der Waals surface area contributed by atoms with Crippen molar-refractivity contribution in [3.05, 3.63) is 497 Å². The third kappa shape index (κ3) is 12.0. The molecule has 0 aliphatic carbocycles. The molecule has 23 aromatic carbocycles. The lowest BCUT2D eigenvalue weighted by molar-refractivity contribution is 0.669.